The molecule has 1 fully saturated rings. The molecular weight excluding hydrogens is 219 g/mol. The molecule has 12 heavy (non-hydrogen) atoms. The van der Waals surface area contributed by atoms with Gasteiger partial charge in [-0.05, 0) is 0 Å². The van der Waals surface area contributed by atoms with Gasteiger partial charge in [-0.2, -0.15) is 0 Å². The third kappa shape index (κ3) is 3.28. The van der Waals surface area contributed by atoms with E-state index >= 15 is 0 Å². The minimum absolute atomic E-state index is 0.319. The number of hydrogen-bond acceptors (Lipinski definition) is 2. The zero-order chi connectivity index (χ0) is 9.03. The summed E-state index contributed by atoms with van der Waals surface area (Å²) in [7, 11) is 0. The van der Waals surface area contributed by atoms with Crippen molar-refractivity contribution < 1.29 is 9.47 Å². The van der Waals surface area contributed by atoms with Crippen molar-refractivity contribution >= 4 is 15.0 Å². The molecule has 0 aromatic carbocycles. The van der Waals surface area contributed by atoms with Crippen molar-refractivity contribution in [3.63, 3.8) is 0 Å². The molecule has 70 valence electrons. The first kappa shape index (κ1) is 10.3. The van der Waals surface area contributed by atoms with Gasteiger partial charge in [-0.15, -0.1) is 0 Å². The van der Waals surface area contributed by atoms with Gasteiger partial charge in [-0.3, -0.25) is 0 Å². The Hall–Kier alpha value is 0.179. The third-order valence-electron chi connectivity index (χ3n) is 1.61. The summed E-state index contributed by atoms with van der Waals surface area (Å²) >= 11 is 0.635. The summed E-state index contributed by atoms with van der Waals surface area (Å²) in [6.45, 7) is 8.38. The Morgan fingerprint density at radius 2 is 2.42 bits per heavy atom. The van der Waals surface area contributed by atoms with E-state index in [1.54, 1.807) is 0 Å². The van der Waals surface area contributed by atoms with Gasteiger partial charge in [0.2, 0.25) is 0 Å². The summed E-state index contributed by atoms with van der Waals surface area (Å²) in [6, 6.07) is 0. The van der Waals surface area contributed by atoms with Crippen molar-refractivity contribution in [3.8, 4) is 0 Å². The van der Waals surface area contributed by atoms with Crippen LogP contribution in [-0.4, -0.2) is 33.5 Å². The Kier molecular flexibility index (Phi) is 3.78. The number of allylic oxidation sites excluding steroid dienone is 1. The van der Waals surface area contributed by atoms with Crippen LogP contribution in [0, 0.1) is 0 Å². The van der Waals surface area contributed by atoms with Gasteiger partial charge in [0.25, 0.3) is 0 Å². The van der Waals surface area contributed by atoms with Crippen molar-refractivity contribution in [2.75, 3.05) is 6.61 Å². The molecule has 0 amide bonds. The van der Waals surface area contributed by atoms with E-state index in [1.165, 1.54) is 0 Å². The summed E-state index contributed by atoms with van der Waals surface area (Å²) in [5.41, 5.74) is 0. The molecule has 0 saturated carbocycles. The molecule has 0 N–H and O–H groups in total. The van der Waals surface area contributed by atoms with Crippen LogP contribution in [0.3, 0.4) is 0 Å². The number of hydrogen-bond donors (Lipinski definition) is 0. The second-order valence-electron chi connectivity index (χ2n) is 3.28. The van der Waals surface area contributed by atoms with Gasteiger partial charge in [0.05, 0.1) is 0 Å². The molecule has 1 saturated heterocycles. The van der Waals surface area contributed by atoms with Crippen molar-refractivity contribution in [2.45, 2.75) is 36.4 Å². The van der Waals surface area contributed by atoms with Crippen LogP contribution in [0.25, 0.3) is 0 Å². The predicted molar refractivity (Wildman–Crippen MR) is 50.5 cm³/mol. The van der Waals surface area contributed by atoms with Gasteiger partial charge >= 0.3 is 80.1 Å². The fourth-order valence-electron chi connectivity index (χ4n) is 1.13. The summed E-state index contributed by atoms with van der Waals surface area (Å²) in [5.74, 6) is -0.352. The van der Waals surface area contributed by atoms with Gasteiger partial charge < -0.3 is 0 Å². The molecular formula is C9H16O2Se. The summed E-state index contributed by atoms with van der Waals surface area (Å²) < 4.78 is 11.1. The van der Waals surface area contributed by atoms with Gasteiger partial charge in [0.15, 0.2) is 0 Å². The molecule has 1 aliphatic rings. The first-order chi connectivity index (χ1) is 5.64. The molecule has 0 aliphatic carbocycles. The van der Waals surface area contributed by atoms with E-state index in [-0.39, 0.29) is 5.79 Å². The summed E-state index contributed by atoms with van der Waals surface area (Å²) in [5, 5.41) is 2.27. The van der Waals surface area contributed by atoms with Crippen molar-refractivity contribution in [1.82, 2.24) is 0 Å². The molecule has 3 heteroatoms. The van der Waals surface area contributed by atoms with Gasteiger partial charge in [0, 0.05) is 0 Å². The van der Waals surface area contributed by atoms with E-state index in [2.05, 4.69) is 6.58 Å². The molecule has 1 unspecified atom stereocenters. The van der Waals surface area contributed by atoms with Gasteiger partial charge in [-0.25, -0.2) is 0 Å². The van der Waals surface area contributed by atoms with E-state index in [4.69, 9.17) is 9.47 Å². The molecule has 0 aromatic heterocycles. The maximum atomic E-state index is 5.65. The zero-order valence-corrected chi connectivity index (χ0v) is 9.42. The maximum absolute atomic E-state index is 5.65. The first-order valence-corrected chi connectivity index (χ1v) is 6.57. The monoisotopic (exact) mass is 236 g/mol. The van der Waals surface area contributed by atoms with Crippen molar-refractivity contribution in [1.29, 1.82) is 0 Å². The summed E-state index contributed by atoms with van der Waals surface area (Å²) in [6.07, 6.45) is 2.29. The second-order valence-corrected chi connectivity index (χ2v) is 5.53. The van der Waals surface area contributed by atoms with Gasteiger partial charge in [0.1, 0.15) is 0 Å². The summed E-state index contributed by atoms with van der Waals surface area (Å²) in [4.78, 5) is 0. The number of rotatable bonds is 4. The van der Waals surface area contributed by atoms with E-state index in [1.807, 2.05) is 19.9 Å². The molecule has 1 rings (SSSR count). The SMILES string of the molecule is C=CC[Se]CC1COC(C)(C)O1. The van der Waals surface area contributed by atoms with Crippen molar-refractivity contribution in [3.05, 3.63) is 12.7 Å². The fourth-order valence-corrected chi connectivity index (χ4v) is 2.66. The average Bonchev–Trinajstić information content (AvgIpc) is 2.31. The molecule has 1 aliphatic heterocycles. The quantitative estimate of drug-likeness (QED) is 0.420. The molecule has 2 nitrogen and oxygen atoms in total. The molecule has 0 radical (unpaired) electrons. The van der Waals surface area contributed by atoms with Crippen LogP contribution in [0.1, 0.15) is 13.8 Å². The Balaban J connectivity index is 2.15. The molecule has 0 bridgehead atoms. The third-order valence-corrected chi connectivity index (χ3v) is 3.87. The van der Waals surface area contributed by atoms with Crippen LogP contribution in [0.4, 0.5) is 0 Å². The fraction of sp³-hybridized carbons (Fsp3) is 0.778. The molecule has 0 aromatic rings. The van der Waals surface area contributed by atoms with E-state index in [0.717, 1.165) is 17.2 Å². The van der Waals surface area contributed by atoms with Crippen LogP contribution in [0.5, 0.6) is 0 Å². The molecule has 0 spiro atoms. The molecule has 1 atom stereocenters. The van der Waals surface area contributed by atoms with Crippen LogP contribution >= 0.6 is 0 Å². The Morgan fingerprint density at radius 3 is 2.92 bits per heavy atom. The number of ether oxygens (including phenoxy) is 2. The van der Waals surface area contributed by atoms with Gasteiger partial charge in [-0.1, -0.05) is 0 Å². The van der Waals surface area contributed by atoms with Crippen LogP contribution in [0.2, 0.25) is 10.6 Å². The van der Waals surface area contributed by atoms with Crippen LogP contribution in [-0.2, 0) is 9.47 Å². The van der Waals surface area contributed by atoms with E-state index in [9.17, 15) is 0 Å². The van der Waals surface area contributed by atoms with Crippen LogP contribution < -0.4 is 0 Å². The van der Waals surface area contributed by atoms with Crippen LogP contribution in [0.15, 0.2) is 12.7 Å². The zero-order valence-electron chi connectivity index (χ0n) is 7.71. The Morgan fingerprint density at radius 1 is 1.67 bits per heavy atom. The van der Waals surface area contributed by atoms with Crippen molar-refractivity contribution in [2.24, 2.45) is 0 Å². The normalized spacial score (nSPS) is 27.3. The topological polar surface area (TPSA) is 18.5 Å². The first-order valence-electron chi connectivity index (χ1n) is 4.14. The standard InChI is InChI=1S/C9H16O2Se/c1-4-5-12-7-8-6-10-9(2,3)11-8/h4,8H,1,5-7H2,2-3H3. The van der Waals surface area contributed by atoms with E-state index in [0.29, 0.717) is 21.1 Å². The second kappa shape index (κ2) is 4.43. The average molecular weight is 235 g/mol. The molecule has 1 heterocycles. The Bertz CT molecular complexity index is 157. The minimum atomic E-state index is -0.352. The van der Waals surface area contributed by atoms with E-state index < -0.39 is 0 Å². The predicted octanol–water partition coefficient (Wildman–Crippen LogP) is 1.86. The Labute approximate surface area is 80.5 Å².